The molecule has 0 fully saturated rings. The molecule has 14 heavy (non-hydrogen) atoms. The summed E-state index contributed by atoms with van der Waals surface area (Å²) in [5, 5.41) is 4.55. The first-order chi connectivity index (χ1) is 6.65. The number of aromatic nitrogens is 2. The van der Waals surface area contributed by atoms with Gasteiger partial charge < -0.3 is 5.73 Å². The lowest BCUT2D eigenvalue weighted by molar-refractivity contribution is 0.465. The molecule has 2 rings (SSSR count). The highest BCUT2D eigenvalue weighted by molar-refractivity contribution is 5.35. The van der Waals surface area contributed by atoms with Gasteiger partial charge in [0.2, 0.25) is 0 Å². The lowest BCUT2D eigenvalue weighted by Gasteiger charge is -2.16. The van der Waals surface area contributed by atoms with Gasteiger partial charge in [-0.15, -0.1) is 0 Å². The molecule has 1 aliphatic rings. The molecule has 0 spiro atoms. The molecule has 1 aromatic heterocycles. The third-order valence-corrected chi connectivity index (χ3v) is 3.51. The smallest absolute Gasteiger partial charge is 0.0665 e. The first kappa shape index (κ1) is 9.71. The van der Waals surface area contributed by atoms with Gasteiger partial charge in [-0.25, -0.2) is 0 Å². The second-order valence-corrected chi connectivity index (χ2v) is 4.43. The Morgan fingerprint density at radius 1 is 1.57 bits per heavy atom. The summed E-state index contributed by atoms with van der Waals surface area (Å²) in [5.74, 6) is 1.36. The summed E-state index contributed by atoms with van der Waals surface area (Å²) in [6.45, 7) is 5.25. The Labute approximate surface area is 85.3 Å². The van der Waals surface area contributed by atoms with Gasteiger partial charge in [0.25, 0.3) is 0 Å². The lowest BCUT2D eigenvalue weighted by Crippen LogP contribution is -2.12. The van der Waals surface area contributed by atoms with Crippen LogP contribution in [0.2, 0.25) is 0 Å². The maximum Gasteiger partial charge on any atom is 0.0665 e. The molecule has 2 N–H and O–H groups in total. The minimum Gasteiger partial charge on any atom is -0.330 e. The van der Waals surface area contributed by atoms with E-state index in [4.69, 9.17) is 5.73 Å². The van der Waals surface area contributed by atoms with Crippen LogP contribution in [0.4, 0.5) is 0 Å². The molecular formula is C11H19N3. The third-order valence-electron chi connectivity index (χ3n) is 3.51. The summed E-state index contributed by atoms with van der Waals surface area (Å²) in [6, 6.07) is 0. The molecule has 1 aromatic rings. The fourth-order valence-electron chi connectivity index (χ4n) is 2.67. The van der Waals surface area contributed by atoms with Crippen molar-refractivity contribution < 1.29 is 0 Å². The summed E-state index contributed by atoms with van der Waals surface area (Å²) >= 11 is 0. The highest BCUT2D eigenvalue weighted by atomic mass is 15.3. The number of nitrogens with two attached hydrogens (primary N) is 1. The van der Waals surface area contributed by atoms with Gasteiger partial charge in [0.1, 0.15) is 0 Å². The van der Waals surface area contributed by atoms with Gasteiger partial charge in [-0.2, -0.15) is 5.10 Å². The minimum absolute atomic E-state index is 0.642. The number of hydrogen-bond donors (Lipinski definition) is 1. The highest BCUT2D eigenvalue weighted by Crippen LogP contribution is 2.40. The monoisotopic (exact) mass is 193 g/mol. The van der Waals surface area contributed by atoms with Crippen molar-refractivity contribution >= 4 is 0 Å². The zero-order chi connectivity index (χ0) is 10.3. The molecule has 1 aliphatic carbocycles. The predicted molar refractivity (Wildman–Crippen MR) is 57.2 cm³/mol. The quantitative estimate of drug-likeness (QED) is 0.770. The molecular weight excluding hydrogens is 174 g/mol. The summed E-state index contributed by atoms with van der Waals surface area (Å²) in [5.41, 5.74) is 9.76. The Balaban J connectivity index is 2.38. The van der Waals surface area contributed by atoms with Crippen LogP contribution in [0.5, 0.6) is 0 Å². The van der Waals surface area contributed by atoms with Gasteiger partial charge in [-0.05, 0) is 43.7 Å². The molecule has 78 valence electrons. The van der Waals surface area contributed by atoms with Crippen molar-refractivity contribution in [1.82, 2.24) is 9.78 Å². The van der Waals surface area contributed by atoms with Crippen LogP contribution in [0, 0.1) is 12.8 Å². The molecule has 0 aliphatic heterocycles. The molecule has 3 nitrogen and oxygen atoms in total. The molecule has 0 saturated carbocycles. The van der Waals surface area contributed by atoms with Gasteiger partial charge in [0.15, 0.2) is 0 Å². The maximum absolute atomic E-state index is 5.66. The van der Waals surface area contributed by atoms with Gasteiger partial charge in [-0.3, -0.25) is 4.68 Å². The van der Waals surface area contributed by atoms with Crippen LogP contribution < -0.4 is 5.73 Å². The van der Waals surface area contributed by atoms with E-state index < -0.39 is 0 Å². The normalized spacial score (nSPS) is 25.4. The largest absolute Gasteiger partial charge is 0.330 e. The van der Waals surface area contributed by atoms with E-state index in [1.54, 1.807) is 0 Å². The van der Waals surface area contributed by atoms with Gasteiger partial charge in [0.05, 0.1) is 5.69 Å². The van der Waals surface area contributed by atoms with Crippen molar-refractivity contribution in [3.8, 4) is 0 Å². The molecule has 3 heteroatoms. The van der Waals surface area contributed by atoms with E-state index in [0.29, 0.717) is 5.92 Å². The Hall–Kier alpha value is -0.830. The number of hydrogen-bond acceptors (Lipinski definition) is 2. The second kappa shape index (κ2) is 3.39. The number of fused-ring (bicyclic) bond motifs is 1. The minimum atomic E-state index is 0.642. The number of aryl methyl sites for hydroxylation is 1. The van der Waals surface area contributed by atoms with E-state index in [2.05, 4.69) is 18.9 Å². The molecule has 0 saturated heterocycles. The molecule has 0 amide bonds. The second-order valence-electron chi connectivity index (χ2n) is 4.43. The Bertz CT molecular complexity index is 341. The molecule has 0 radical (unpaired) electrons. The van der Waals surface area contributed by atoms with E-state index in [-0.39, 0.29) is 0 Å². The average molecular weight is 193 g/mol. The Kier molecular flexibility index (Phi) is 2.35. The van der Waals surface area contributed by atoms with Gasteiger partial charge in [0, 0.05) is 12.7 Å². The van der Waals surface area contributed by atoms with Crippen LogP contribution in [0.3, 0.4) is 0 Å². The van der Waals surface area contributed by atoms with Crippen LogP contribution in [0.25, 0.3) is 0 Å². The van der Waals surface area contributed by atoms with E-state index in [1.165, 1.54) is 17.0 Å². The topological polar surface area (TPSA) is 43.8 Å². The average Bonchev–Trinajstić information content (AvgIpc) is 2.55. The fraction of sp³-hybridized carbons (Fsp3) is 0.727. The van der Waals surface area contributed by atoms with E-state index in [0.717, 1.165) is 25.3 Å². The summed E-state index contributed by atoms with van der Waals surface area (Å²) in [7, 11) is 2.03. The van der Waals surface area contributed by atoms with Crippen LogP contribution in [0.1, 0.15) is 36.2 Å². The molecule has 1 heterocycles. The van der Waals surface area contributed by atoms with Crippen LogP contribution in [0.15, 0.2) is 0 Å². The summed E-state index contributed by atoms with van der Waals surface area (Å²) in [6.07, 6.45) is 2.22. The first-order valence-corrected chi connectivity index (χ1v) is 5.37. The van der Waals surface area contributed by atoms with Gasteiger partial charge in [-0.1, -0.05) is 6.92 Å². The van der Waals surface area contributed by atoms with E-state index in [1.807, 2.05) is 11.7 Å². The zero-order valence-corrected chi connectivity index (χ0v) is 9.25. The third kappa shape index (κ3) is 1.27. The zero-order valence-electron chi connectivity index (χ0n) is 9.25. The van der Waals surface area contributed by atoms with Crippen molar-refractivity contribution in [3.63, 3.8) is 0 Å². The molecule has 2 atom stereocenters. The molecule has 2 unspecified atom stereocenters. The standard InChI is InChI=1S/C11H19N3/c1-7-6-10-11(9(7)4-5-12)8(2)14(3)13-10/h7,9H,4-6,12H2,1-3H3. The van der Waals surface area contributed by atoms with Crippen molar-refractivity contribution in [2.24, 2.45) is 18.7 Å². The number of rotatable bonds is 2. The van der Waals surface area contributed by atoms with Crippen LogP contribution in [-0.4, -0.2) is 16.3 Å². The molecule has 0 aromatic carbocycles. The molecule has 0 bridgehead atoms. The number of nitrogens with zero attached hydrogens (tertiary/aromatic N) is 2. The first-order valence-electron chi connectivity index (χ1n) is 5.37. The fourth-order valence-corrected chi connectivity index (χ4v) is 2.67. The Morgan fingerprint density at radius 2 is 2.29 bits per heavy atom. The van der Waals surface area contributed by atoms with Crippen LogP contribution in [-0.2, 0) is 13.5 Å². The summed E-state index contributed by atoms with van der Waals surface area (Å²) < 4.78 is 2.00. The highest BCUT2D eigenvalue weighted by Gasteiger charge is 2.33. The van der Waals surface area contributed by atoms with Crippen molar-refractivity contribution in [2.45, 2.75) is 32.6 Å². The SMILES string of the molecule is Cc1c2c(nn1C)CC(C)C2CCN. The maximum atomic E-state index is 5.66. The van der Waals surface area contributed by atoms with Crippen molar-refractivity contribution in [3.05, 3.63) is 17.0 Å². The predicted octanol–water partition coefficient (Wildman–Crippen LogP) is 1.35. The van der Waals surface area contributed by atoms with Crippen LogP contribution >= 0.6 is 0 Å². The summed E-state index contributed by atoms with van der Waals surface area (Å²) in [4.78, 5) is 0. The van der Waals surface area contributed by atoms with Crippen molar-refractivity contribution in [2.75, 3.05) is 6.54 Å². The lowest BCUT2D eigenvalue weighted by atomic mass is 9.90. The van der Waals surface area contributed by atoms with E-state index >= 15 is 0 Å². The van der Waals surface area contributed by atoms with E-state index in [9.17, 15) is 0 Å². The van der Waals surface area contributed by atoms with Crippen molar-refractivity contribution in [1.29, 1.82) is 0 Å². The van der Waals surface area contributed by atoms with Gasteiger partial charge >= 0.3 is 0 Å². The Morgan fingerprint density at radius 3 is 2.93 bits per heavy atom.